The lowest BCUT2D eigenvalue weighted by molar-refractivity contribution is 1.02. The van der Waals surface area contributed by atoms with Crippen molar-refractivity contribution in [2.75, 3.05) is 0 Å². The summed E-state index contributed by atoms with van der Waals surface area (Å²) in [6.07, 6.45) is 3.36. The third kappa shape index (κ3) is 5.63. The Kier molecular flexibility index (Phi) is 6.64. The van der Waals surface area contributed by atoms with E-state index in [1.165, 1.54) is 15.4 Å². The van der Waals surface area contributed by atoms with Crippen LogP contribution in [0.2, 0.25) is 0 Å². The molecular formula is C22H20S2. The van der Waals surface area contributed by atoms with Crippen LogP contribution in [-0.4, -0.2) is 5.25 Å². The Morgan fingerprint density at radius 2 is 1.21 bits per heavy atom. The van der Waals surface area contributed by atoms with Gasteiger partial charge in [0.05, 0.1) is 0 Å². The van der Waals surface area contributed by atoms with E-state index >= 15 is 0 Å². The molecule has 0 saturated heterocycles. The van der Waals surface area contributed by atoms with Gasteiger partial charge in [-0.05, 0) is 41.7 Å². The van der Waals surface area contributed by atoms with Crippen LogP contribution >= 0.6 is 23.5 Å². The molecule has 2 heteroatoms. The molecule has 0 spiro atoms. The topological polar surface area (TPSA) is 0 Å². The predicted octanol–water partition coefficient (Wildman–Crippen LogP) is 6.70. The van der Waals surface area contributed by atoms with E-state index in [0.29, 0.717) is 5.25 Å². The summed E-state index contributed by atoms with van der Waals surface area (Å²) in [6, 6.07) is 31.8. The summed E-state index contributed by atoms with van der Waals surface area (Å²) in [4.78, 5) is 2.59. The lowest BCUT2D eigenvalue weighted by Gasteiger charge is -2.13. The number of rotatable bonds is 7. The summed E-state index contributed by atoms with van der Waals surface area (Å²) >= 11 is 3.69. The van der Waals surface area contributed by atoms with Crippen molar-refractivity contribution >= 4 is 23.5 Å². The van der Waals surface area contributed by atoms with E-state index in [9.17, 15) is 0 Å². The van der Waals surface area contributed by atoms with Gasteiger partial charge in [-0.3, -0.25) is 0 Å². The molecule has 0 N–H and O–H groups in total. The van der Waals surface area contributed by atoms with Crippen LogP contribution in [0.25, 0.3) is 0 Å². The molecule has 0 fully saturated rings. The van der Waals surface area contributed by atoms with Crippen molar-refractivity contribution in [3.63, 3.8) is 0 Å². The zero-order chi connectivity index (χ0) is 16.5. The van der Waals surface area contributed by atoms with Gasteiger partial charge in [0, 0.05) is 15.0 Å². The minimum Gasteiger partial charge on any atom is -0.118 e. The highest BCUT2D eigenvalue weighted by Gasteiger charge is 2.08. The van der Waals surface area contributed by atoms with Crippen LogP contribution in [-0.2, 0) is 6.42 Å². The normalized spacial score (nSPS) is 12.3. The van der Waals surface area contributed by atoms with Gasteiger partial charge >= 0.3 is 0 Å². The Morgan fingerprint density at radius 3 is 1.83 bits per heavy atom. The maximum absolute atomic E-state index is 2.32. The number of hydrogen-bond donors (Lipinski definition) is 0. The van der Waals surface area contributed by atoms with Crippen LogP contribution in [0.15, 0.2) is 112 Å². The van der Waals surface area contributed by atoms with Crippen LogP contribution in [0.3, 0.4) is 0 Å². The molecule has 0 aliphatic rings. The molecule has 0 aromatic heterocycles. The van der Waals surface area contributed by atoms with Crippen molar-refractivity contribution in [1.82, 2.24) is 0 Å². The molecule has 0 heterocycles. The lowest BCUT2D eigenvalue weighted by Crippen LogP contribution is -2.03. The van der Waals surface area contributed by atoms with Crippen LogP contribution < -0.4 is 0 Å². The van der Waals surface area contributed by atoms with E-state index in [0.717, 1.165) is 6.42 Å². The van der Waals surface area contributed by atoms with Gasteiger partial charge in [-0.15, -0.1) is 11.8 Å². The van der Waals surface area contributed by atoms with Gasteiger partial charge in [0.1, 0.15) is 0 Å². The lowest BCUT2D eigenvalue weighted by atomic mass is 10.1. The Labute approximate surface area is 153 Å². The van der Waals surface area contributed by atoms with Crippen LogP contribution in [0.4, 0.5) is 0 Å². The zero-order valence-corrected chi connectivity index (χ0v) is 15.0. The summed E-state index contributed by atoms with van der Waals surface area (Å²) in [7, 11) is 0. The Hall–Kier alpha value is -1.90. The maximum atomic E-state index is 2.32. The molecule has 0 radical (unpaired) electrons. The van der Waals surface area contributed by atoms with E-state index in [1.54, 1.807) is 11.8 Å². The summed E-state index contributed by atoms with van der Waals surface area (Å²) in [5, 5.41) is 2.64. The van der Waals surface area contributed by atoms with Gasteiger partial charge in [0.15, 0.2) is 0 Å². The average Bonchev–Trinajstić information content (AvgIpc) is 2.64. The summed E-state index contributed by atoms with van der Waals surface area (Å²) in [5.74, 6) is 0. The predicted molar refractivity (Wildman–Crippen MR) is 108 cm³/mol. The van der Waals surface area contributed by atoms with Crippen LogP contribution in [0.1, 0.15) is 5.56 Å². The van der Waals surface area contributed by atoms with Crippen molar-refractivity contribution in [2.45, 2.75) is 21.5 Å². The Balaban J connectivity index is 1.69. The molecule has 1 unspecified atom stereocenters. The molecule has 0 amide bonds. The fourth-order valence-electron chi connectivity index (χ4n) is 2.37. The average molecular weight is 349 g/mol. The molecule has 1 atom stereocenters. The highest BCUT2D eigenvalue weighted by molar-refractivity contribution is 8.02. The van der Waals surface area contributed by atoms with E-state index in [1.807, 2.05) is 11.8 Å². The molecule has 3 rings (SSSR count). The largest absolute Gasteiger partial charge is 0.118 e. The first-order valence-electron chi connectivity index (χ1n) is 8.04. The van der Waals surface area contributed by atoms with Crippen molar-refractivity contribution in [3.05, 3.63) is 108 Å². The molecule has 3 aromatic rings. The molecule has 120 valence electrons. The number of thioether (sulfide) groups is 2. The second-order valence-corrected chi connectivity index (χ2v) is 7.71. The Bertz CT molecular complexity index is 695. The smallest absolute Gasteiger partial charge is 0.0322 e. The second-order valence-electron chi connectivity index (χ2n) is 5.42. The second kappa shape index (κ2) is 9.41. The van der Waals surface area contributed by atoms with E-state index in [2.05, 4.69) is 102 Å². The molecule has 0 aliphatic carbocycles. The highest BCUT2D eigenvalue weighted by atomic mass is 32.2. The third-order valence-electron chi connectivity index (χ3n) is 3.55. The molecule has 0 bridgehead atoms. The van der Waals surface area contributed by atoms with Crippen molar-refractivity contribution in [1.29, 1.82) is 0 Å². The van der Waals surface area contributed by atoms with E-state index in [-0.39, 0.29) is 0 Å². The minimum absolute atomic E-state index is 0.422. The first-order chi connectivity index (χ1) is 11.9. The standard InChI is InChI=1S/C22H20S2/c1-4-10-19(11-5-1)18-22(24-21-14-8-3-9-15-21)16-17-23-20-12-6-2-7-13-20/h1-17,22H,18H2/b17-16-. The monoisotopic (exact) mass is 348 g/mol. The molecule has 24 heavy (non-hydrogen) atoms. The van der Waals surface area contributed by atoms with Crippen molar-refractivity contribution in [3.8, 4) is 0 Å². The summed E-state index contributed by atoms with van der Waals surface area (Å²) in [6.45, 7) is 0. The first-order valence-corrected chi connectivity index (χ1v) is 9.80. The van der Waals surface area contributed by atoms with Gasteiger partial charge in [-0.1, -0.05) is 84.6 Å². The van der Waals surface area contributed by atoms with Crippen LogP contribution in [0.5, 0.6) is 0 Å². The maximum Gasteiger partial charge on any atom is 0.0322 e. The van der Waals surface area contributed by atoms with Gasteiger partial charge in [-0.25, -0.2) is 0 Å². The van der Waals surface area contributed by atoms with E-state index < -0.39 is 0 Å². The minimum atomic E-state index is 0.422. The quantitative estimate of drug-likeness (QED) is 0.436. The van der Waals surface area contributed by atoms with Crippen LogP contribution in [0, 0.1) is 0 Å². The molecule has 0 nitrogen and oxygen atoms in total. The number of hydrogen-bond acceptors (Lipinski definition) is 2. The van der Waals surface area contributed by atoms with Gasteiger partial charge < -0.3 is 0 Å². The SMILES string of the molecule is C(=C/C(Cc1ccccc1)Sc1ccccc1)/Sc1ccccc1. The summed E-state index contributed by atoms with van der Waals surface area (Å²) in [5.41, 5.74) is 1.38. The molecule has 3 aromatic carbocycles. The zero-order valence-electron chi connectivity index (χ0n) is 13.4. The Morgan fingerprint density at radius 1 is 0.667 bits per heavy atom. The fourth-order valence-corrected chi connectivity index (χ4v) is 4.31. The van der Waals surface area contributed by atoms with Gasteiger partial charge in [0.25, 0.3) is 0 Å². The molecule has 0 saturated carbocycles. The van der Waals surface area contributed by atoms with Gasteiger partial charge in [0.2, 0.25) is 0 Å². The van der Waals surface area contributed by atoms with Gasteiger partial charge in [-0.2, -0.15) is 0 Å². The van der Waals surface area contributed by atoms with E-state index in [4.69, 9.17) is 0 Å². The number of benzene rings is 3. The van der Waals surface area contributed by atoms with Crippen molar-refractivity contribution in [2.24, 2.45) is 0 Å². The molecular weight excluding hydrogens is 328 g/mol. The summed E-state index contributed by atoms with van der Waals surface area (Å²) < 4.78 is 0. The third-order valence-corrected chi connectivity index (χ3v) is 5.56. The molecule has 0 aliphatic heterocycles. The first kappa shape index (κ1) is 16.9. The highest BCUT2D eigenvalue weighted by Crippen LogP contribution is 2.28. The van der Waals surface area contributed by atoms with Crippen molar-refractivity contribution < 1.29 is 0 Å². The fraction of sp³-hybridized carbons (Fsp3) is 0.0909.